The maximum atomic E-state index is 13.6. The van der Waals surface area contributed by atoms with E-state index >= 15 is 0 Å². The molecule has 90 valence electrons. The Hall–Kier alpha value is -1.55. The average Bonchev–Trinajstić information content (AvgIpc) is 2.79. The number of furan rings is 1. The van der Waals surface area contributed by atoms with Crippen molar-refractivity contribution in [1.29, 1.82) is 0 Å². The van der Waals surface area contributed by atoms with Crippen LogP contribution in [0, 0.1) is 5.82 Å². The van der Waals surface area contributed by atoms with Crippen LogP contribution in [0.3, 0.4) is 0 Å². The highest BCUT2D eigenvalue weighted by Crippen LogP contribution is 2.30. The largest absolute Gasteiger partial charge is 0.462 e. The highest BCUT2D eigenvalue weighted by molar-refractivity contribution is 5.90. The number of benzene rings is 1. The molecule has 0 spiro atoms. The van der Waals surface area contributed by atoms with Crippen molar-refractivity contribution in [1.82, 2.24) is 5.32 Å². The van der Waals surface area contributed by atoms with Gasteiger partial charge in [0.05, 0.1) is 17.3 Å². The SMILES string of the molecule is C[C@@H]1CN(c2ccc(F)c3ccoc23)CCN1. The van der Waals surface area contributed by atoms with Gasteiger partial charge in [0.25, 0.3) is 0 Å². The number of halogens is 1. The van der Waals surface area contributed by atoms with Crippen LogP contribution in [0.1, 0.15) is 6.92 Å². The third-order valence-corrected chi connectivity index (χ3v) is 3.25. The highest BCUT2D eigenvalue weighted by atomic mass is 19.1. The van der Waals surface area contributed by atoms with E-state index in [0.29, 0.717) is 17.0 Å². The van der Waals surface area contributed by atoms with E-state index < -0.39 is 0 Å². The molecule has 0 unspecified atom stereocenters. The number of anilines is 1. The lowest BCUT2D eigenvalue weighted by Crippen LogP contribution is -2.49. The van der Waals surface area contributed by atoms with E-state index in [-0.39, 0.29) is 5.82 Å². The summed E-state index contributed by atoms with van der Waals surface area (Å²) in [5, 5.41) is 3.95. The summed E-state index contributed by atoms with van der Waals surface area (Å²) in [4.78, 5) is 2.24. The maximum absolute atomic E-state index is 13.6. The van der Waals surface area contributed by atoms with Crippen molar-refractivity contribution in [3.05, 3.63) is 30.3 Å². The van der Waals surface area contributed by atoms with Crippen LogP contribution >= 0.6 is 0 Å². The fraction of sp³-hybridized carbons (Fsp3) is 0.385. The van der Waals surface area contributed by atoms with Gasteiger partial charge in [-0.05, 0) is 25.1 Å². The molecule has 1 N–H and O–H groups in total. The number of fused-ring (bicyclic) bond motifs is 1. The number of hydrogen-bond acceptors (Lipinski definition) is 3. The van der Waals surface area contributed by atoms with Crippen LogP contribution in [0.25, 0.3) is 11.0 Å². The second kappa shape index (κ2) is 4.04. The molecule has 17 heavy (non-hydrogen) atoms. The first-order valence-corrected chi connectivity index (χ1v) is 5.90. The molecule has 1 aromatic carbocycles. The first-order chi connectivity index (χ1) is 8.25. The maximum Gasteiger partial charge on any atom is 0.160 e. The Balaban J connectivity index is 2.05. The van der Waals surface area contributed by atoms with E-state index in [9.17, 15) is 4.39 Å². The molecule has 3 nitrogen and oxygen atoms in total. The monoisotopic (exact) mass is 234 g/mol. The molecule has 0 saturated carbocycles. The van der Waals surface area contributed by atoms with Crippen LogP contribution in [-0.4, -0.2) is 25.7 Å². The van der Waals surface area contributed by atoms with Crippen molar-refractivity contribution in [3.63, 3.8) is 0 Å². The number of piperazine rings is 1. The standard InChI is InChI=1S/C13H15FN2O/c1-9-8-16(6-5-15-9)12-3-2-11(14)10-4-7-17-13(10)12/h2-4,7,9,15H,5-6,8H2,1H3/t9-/m1/s1. The zero-order chi connectivity index (χ0) is 11.8. The van der Waals surface area contributed by atoms with Gasteiger partial charge in [-0.25, -0.2) is 4.39 Å². The molecule has 0 aliphatic carbocycles. The van der Waals surface area contributed by atoms with Crippen molar-refractivity contribution in [2.24, 2.45) is 0 Å². The Bertz CT molecular complexity index is 537. The summed E-state index contributed by atoms with van der Waals surface area (Å²) in [6.45, 7) is 4.93. The van der Waals surface area contributed by atoms with Gasteiger partial charge in [-0.2, -0.15) is 0 Å². The normalized spacial score (nSPS) is 21.1. The highest BCUT2D eigenvalue weighted by Gasteiger charge is 2.19. The van der Waals surface area contributed by atoms with E-state index in [1.54, 1.807) is 18.4 Å². The molecular formula is C13H15FN2O. The Morgan fingerprint density at radius 1 is 1.41 bits per heavy atom. The molecule has 2 aromatic rings. The van der Waals surface area contributed by atoms with Crippen molar-refractivity contribution >= 4 is 16.7 Å². The number of rotatable bonds is 1. The number of nitrogens with zero attached hydrogens (tertiary/aromatic N) is 1. The molecule has 0 radical (unpaired) electrons. The second-order valence-corrected chi connectivity index (χ2v) is 4.53. The fourth-order valence-corrected chi connectivity index (χ4v) is 2.41. The van der Waals surface area contributed by atoms with Gasteiger partial charge >= 0.3 is 0 Å². The minimum absolute atomic E-state index is 0.222. The van der Waals surface area contributed by atoms with Gasteiger partial charge in [-0.3, -0.25) is 0 Å². The lowest BCUT2D eigenvalue weighted by atomic mass is 10.1. The second-order valence-electron chi connectivity index (χ2n) is 4.53. The van der Waals surface area contributed by atoms with Gasteiger partial charge in [0.1, 0.15) is 5.82 Å². The first kappa shape index (κ1) is 10.6. The number of nitrogens with one attached hydrogen (secondary N) is 1. The fourth-order valence-electron chi connectivity index (χ4n) is 2.41. The molecule has 2 heterocycles. The Morgan fingerprint density at radius 2 is 2.29 bits per heavy atom. The van der Waals surface area contributed by atoms with E-state index in [0.717, 1.165) is 25.3 Å². The lowest BCUT2D eigenvalue weighted by molar-refractivity contribution is 0.483. The molecule has 1 aliphatic rings. The van der Waals surface area contributed by atoms with Crippen LogP contribution in [0.4, 0.5) is 10.1 Å². The number of hydrogen-bond donors (Lipinski definition) is 1. The van der Waals surface area contributed by atoms with E-state index in [2.05, 4.69) is 17.1 Å². The molecule has 4 heteroatoms. The van der Waals surface area contributed by atoms with Crippen molar-refractivity contribution in [2.75, 3.05) is 24.5 Å². The van der Waals surface area contributed by atoms with Crippen LogP contribution in [-0.2, 0) is 0 Å². The van der Waals surface area contributed by atoms with Crippen molar-refractivity contribution in [3.8, 4) is 0 Å². The summed E-state index contributed by atoms with van der Waals surface area (Å²) < 4.78 is 19.0. The van der Waals surface area contributed by atoms with Gasteiger partial charge in [0, 0.05) is 25.7 Å². The predicted octanol–water partition coefficient (Wildman–Crippen LogP) is 2.37. The summed E-state index contributed by atoms with van der Waals surface area (Å²) in [6.07, 6.45) is 1.54. The topological polar surface area (TPSA) is 28.4 Å². The first-order valence-electron chi connectivity index (χ1n) is 5.90. The molecule has 3 rings (SSSR count). The Kier molecular flexibility index (Phi) is 2.52. The van der Waals surface area contributed by atoms with Gasteiger partial charge in [-0.1, -0.05) is 0 Å². The zero-order valence-electron chi connectivity index (χ0n) is 9.74. The Labute approximate surface area is 99.2 Å². The molecule has 1 saturated heterocycles. The lowest BCUT2D eigenvalue weighted by Gasteiger charge is -2.33. The van der Waals surface area contributed by atoms with Gasteiger partial charge in [0.2, 0.25) is 0 Å². The summed E-state index contributed by atoms with van der Waals surface area (Å²) >= 11 is 0. The summed E-state index contributed by atoms with van der Waals surface area (Å²) in [5.74, 6) is -0.222. The van der Waals surface area contributed by atoms with Gasteiger partial charge in [0.15, 0.2) is 5.58 Å². The van der Waals surface area contributed by atoms with Crippen LogP contribution in [0.5, 0.6) is 0 Å². The average molecular weight is 234 g/mol. The molecule has 1 aromatic heterocycles. The van der Waals surface area contributed by atoms with Crippen LogP contribution in [0.2, 0.25) is 0 Å². The Morgan fingerprint density at radius 3 is 3.12 bits per heavy atom. The van der Waals surface area contributed by atoms with Gasteiger partial charge < -0.3 is 14.6 Å². The quantitative estimate of drug-likeness (QED) is 0.821. The molecule has 1 aliphatic heterocycles. The third-order valence-electron chi connectivity index (χ3n) is 3.25. The van der Waals surface area contributed by atoms with Crippen LogP contribution in [0.15, 0.2) is 28.9 Å². The molecule has 0 amide bonds. The summed E-state index contributed by atoms with van der Waals surface area (Å²) in [7, 11) is 0. The minimum atomic E-state index is -0.222. The van der Waals surface area contributed by atoms with E-state index in [4.69, 9.17) is 4.42 Å². The molecule has 1 atom stereocenters. The van der Waals surface area contributed by atoms with E-state index in [1.165, 1.54) is 6.07 Å². The van der Waals surface area contributed by atoms with Crippen molar-refractivity contribution in [2.45, 2.75) is 13.0 Å². The predicted molar refractivity (Wildman–Crippen MR) is 65.8 cm³/mol. The van der Waals surface area contributed by atoms with Gasteiger partial charge in [-0.15, -0.1) is 0 Å². The van der Waals surface area contributed by atoms with E-state index in [1.807, 2.05) is 0 Å². The minimum Gasteiger partial charge on any atom is -0.462 e. The molecule has 1 fully saturated rings. The smallest absolute Gasteiger partial charge is 0.160 e. The molecular weight excluding hydrogens is 219 g/mol. The zero-order valence-corrected chi connectivity index (χ0v) is 9.74. The third kappa shape index (κ3) is 1.78. The van der Waals surface area contributed by atoms with Crippen LogP contribution < -0.4 is 10.2 Å². The van der Waals surface area contributed by atoms with Crippen molar-refractivity contribution < 1.29 is 8.81 Å². The summed E-state index contributed by atoms with van der Waals surface area (Å²) in [5.41, 5.74) is 1.64. The summed E-state index contributed by atoms with van der Waals surface area (Å²) in [6, 6.07) is 5.44. The molecule has 0 bridgehead atoms.